The molecule has 0 aliphatic rings. The van der Waals surface area contributed by atoms with E-state index in [1.54, 1.807) is 24.3 Å². The highest BCUT2D eigenvalue weighted by Gasteiger charge is 2.12. The van der Waals surface area contributed by atoms with Crippen molar-refractivity contribution in [2.45, 2.75) is 51.4 Å². The molecule has 0 unspecified atom stereocenters. The van der Waals surface area contributed by atoms with Crippen molar-refractivity contribution in [3.05, 3.63) is 262 Å². The van der Waals surface area contributed by atoms with Crippen LogP contribution in [0, 0.1) is 0 Å². The summed E-state index contributed by atoms with van der Waals surface area (Å²) in [4.78, 5) is 24.2. The summed E-state index contributed by atoms with van der Waals surface area (Å²) in [5, 5.41) is 4.86. The molecule has 0 atom stereocenters. The van der Waals surface area contributed by atoms with Crippen LogP contribution in [0.2, 0.25) is 0 Å². The Morgan fingerprint density at radius 1 is 0.269 bits per heavy atom. The first-order valence-electron chi connectivity index (χ1n) is 27.3. The highest BCUT2D eigenvalue weighted by Crippen LogP contribution is 2.35. The minimum absolute atomic E-state index is 0.263. The third kappa shape index (κ3) is 16.0. The summed E-state index contributed by atoms with van der Waals surface area (Å²) in [7, 11) is 0. The fourth-order valence-corrected chi connectivity index (χ4v) is 9.23. The Bertz CT molecular complexity index is 3160. The second kappa shape index (κ2) is 28.8. The van der Waals surface area contributed by atoms with Crippen molar-refractivity contribution in [2.24, 2.45) is 0 Å². The number of carbonyl (C=O) groups is 2. The van der Waals surface area contributed by atoms with Crippen molar-refractivity contribution in [2.75, 3.05) is 26.4 Å². The summed E-state index contributed by atoms with van der Waals surface area (Å²) in [6, 6.07) is 69.4. The summed E-state index contributed by atoms with van der Waals surface area (Å²) in [6.45, 7) is 2.19. The number of rotatable bonds is 26. The third-order valence-corrected chi connectivity index (χ3v) is 13.6. The molecule has 0 amide bonds. The molecule has 9 aromatic rings. The quantitative estimate of drug-likeness (QED) is 0.0233. The maximum Gasteiger partial charge on any atom is 0.338 e. The predicted octanol–water partition coefficient (Wildman–Crippen LogP) is 18.3. The monoisotopic (exact) mass is 1030 g/mol. The number of fused-ring (bicyclic) bond motifs is 2. The number of benzene rings is 9. The summed E-state index contributed by atoms with van der Waals surface area (Å²) in [5.41, 5.74) is 10.3. The molecule has 0 aliphatic heterocycles. The molecule has 0 saturated heterocycles. The van der Waals surface area contributed by atoms with Crippen LogP contribution in [0.5, 0.6) is 11.5 Å². The fourth-order valence-electron chi connectivity index (χ4n) is 9.23. The van der Waals surface area contributed by atoms with Crippen LogP contribution in [-0.2, 0) is 9.47 Å². The van der Waals surface area contributed by atoms with Crippen molar-refractivity contribution in [3.8, 4) is 11.5 Å². The second-order valence-electron chi connectivity index (χ2n) is 19.3. The lowest BCUT2D eigenvalue weighted by Gasteiger charge is -2.13. The summed E-state index contributed by atoms with van der Waals surface area (Å²) < 4.78 is 22.7. The van der Waals surface area contributed by atoms with Crippen LogP contribution in [0.1, 0.15) is 117 Å². The lowest BCUT2D eigenvalue weighted by Crippen LogP contribution is -2.06. The first-order valence-corrected chi connectivity index (χ1v) is 27.3. The molecule has 0 spiro atoms. The summed E-state index contributed by atoms with van der Waals surface area (Å²) in [6.07, 6.45) is 25.1. The van der Waals surface area contributed by atoms with Gasteiger partial charge < -0.3 is 18.9 Å². The van der Waals surface area contributed by atoms with Crippen LogP contribution in [0.25, 0.3) is 70.2 Å². The van der Waals surface area contributed by atoms with Gasteiger partial charge in [0, 0.05) is 0 Å². The number of hydrogen-bond donors (Lipinski definition) is 0. The molecule has 0 saturated carbocycles. The van der Waals surface area contributed by atoms with Crippen LogP contribution < -0.4 is 9.47 Å². The zero-order valence-electron chi connectivity index (χ0n) is 44.2. The van der Waals surface area contributed by atoms with Gasteiger partial charge in [-0.05, 0) is 166 Å². The standard InChI is InChI=1S/C72H66O6/c73-71(61-19-7-5-8-20-61)77-53-17-3-1-15-51-75-63-45-39-59(40-46-63)37-31-55-27-33-57(34-28-55)43-49-69-65-23-11-13-25-67(65)70(68-26-14-12-24-66(68)69)50-44-58-35-29-56(30-36-58)32-38-60-41-47-64(48-42-60)76-52-16-2-4-18-54-78-72(74)62-21-9-6-10-22-62/h5-14,19-50H,1-4,15-18,51-54H2/b37-31+,38-32+,49-43+,50-44+. The highest BCUT2D eigenvalue weighted by atomic mass is 16.5. The van der Waals surface area contributed by atoms with E-state index in [1.165, 1.54) is 32.7 Å². The average molecular weight is 1030 g/mol. The van der Waals surface area contributed by atoms with Crippen LogP contribution in [0.15, 0.2) is 206 Å². The van der Waals surface area contributed by atoms with Gasteiger partial charge in [0.25, 0.3) is 0 Å². The molecule has 78 heavy (non-hydrogen) atoms. The maximum absolute atomic E-state index is 12.1. The lowest BCUT2D eigenvalue weighted by molar-refractivity contribution is 0.0488. The predicted molar refractivity (Wildman–Crippen MR) is 324 cm³/mol. The van der Waals surface area contributed by atoms with E-state index in [4.69, 9.17) is 18.9 Å². The molecule has 390 valence electrons. The molecule has 9 rings (SSSR count). The van der Waals surface area contributed by atoms with Gasteiger partial charge in [-0.2, -0.15) is 0 Å². The molecule has 0 aromatic heterocycles. The van der Waals surface area contributed by atoms with Crippen LogP contribution in [0.3, 0.4) is 0 Å². The van der Waals surface area contributed by atoms with E-state index in [-0.39, 0.29) is 11.9 Å². The molecular formula is C72H66O6. The van der Waals surface area contributed by atoms with E-state index >= 15 is 0 Å². The summed E-state index contributed by atoms with van der Waals surface area (Å²) >= 11 is 0. The van der Waals surface area contributed by atoms with E-state index in [0.717, 1.165) is 96.2 Å². The Labute approximate surface area is 459 Å². The van der Waals surface area contributed by atoms with Gasteiger partial charge in [0.15, 0.2) is 0 Å². The van der Waals surface area contributed by atoms with E-state index in [0.29, 0.717) is 37.6 Å². The fraction of sp³-hybridized carbons (Fsp3) is 0.167. The minimum atomic E-state index is -0.263. The molecule has 6 heteroatoms. The van der Waals surface area contributed by atoms with Crippen LogP contribution in [-0.4, -0.2) is 38.4 Å². The van der Waals surface area contributed by atoms with E-state index in [9.17, 15) is 9.59 Å². The molecule has 6 nitrogen and oxygen atoms in total. The van der Waals surface area contributed by atoms with Gasteiger partial charge >= 0.3 is 11.9 Å². The molecule has 9 aromatic carbocycles. The largest absolute Gasteiger partial charge is 0.494 e. The van der Waals surface area contributed by atoms with Crippen molar-refractivity contribution in [1.82, 2.24) is 0 Å². The van der Waals surface area contributed by atoms with Gasteiger partial charge in [0.1, 0.15) is 11.5 Å². The number of esters is 2. The molecule has 0 aliphatic carbocycles. The third-order valence-electron chi connectivity index (χ3n) is 13.6. The van der Waals surface area contributed by atoms with Crippen molar-refractivity contribution in [1.29, 1.82) is 0 Å². The smallest absolute Gasteiger partial charge is 0.338 e. The Hall–Kier alpha value is -9.00. The van der Waals surface area contributed by atoms with Gasteiger partial charge in [-0.3, -0.25) is 0 Å². The summed E-state index contributed by atoms with van der Waals surface area (Å²) in [5.74, 6) is 1.20. The minimum Gasteiger partial charge on any atom is -0.494 e. The van der Waals surface area contributed by atoms with E-state index in [1.807, 2.05) is 60.7 Å². The second-order valence-corrected chi connectivity index (χ2v) is 19.3. The van der Waals surface area contributed by atoms with Gasteiger partial charge in [0.05, 0.1) is 37.6 Å². The van der Waals surface area contributed by atoms with Crippen LogP contribution >= 0.6 is 0 Å². The molecule has 0 N–H and O–H groups in total. The van der Waals surface area contributed by atoms with Gasteiger partial charge in [-0.25, -0.2) is 9.59 Å². The number of carbonyl (C=O) groups excluding carboxylic acids is 2. The number of unbranched alkanes of at least 4 members (excludes halogenated alkanes) is 6. The number of ether oxygens (including phenoxy) is 4. The molecule has 0 bridgehead atoms. The zero-order valence-corrected chi connectivity index (χ0v) is 44.2. The Morgan fingerprint density at radius 2 is 0.526 bits per heavy atom. The Kier molecular flexibility index (Phi) is 19.9. The molecule has 0 heterocycles. The average Bonchev–Trinajstić information content (AvgIpc) is 3.56. The SMILES string of the molecule is O=C(OCCCCCCOc1ccc(/C=C/c2ccc(/C=C/c3c4ccccc4c(/C=C/c4ccc(/C=C/c5ccc(OCCCCCCOC(=O)c6ccccc6)cc5)cc4)c4ccccc34)cc2)cc1)c1ccccc1. The van der Waals surface area contributed by atoms with Gasteiger partial charge in [-0.15, -0.1) is 0 Å². The van der Waals surface area contributed by atoms with E-state index in [2.05, 4.69) is 170 Å². The molecular weight excluding hydrogens is 961 g/mol. The van der Waals surface area contributed by atoms with Gasteiger partial charge in [-0.1, -0.05) is 206 Å². The molecule has 0 radical (unpaired) electrons. The van der Waals surface area contributed by atoms with Crippen molar-refractivity contribution in [3.63, 3.8) is 0 Å². The van der Waals surface area contributed by atoms with Crippen molar-refractivity contribution < 1.29 is 28.5 Å². The number of hydrogen-bond acceptors (Lipinski definition) is 6. The highest BCUT2D eigenvalue weighted by molar-refractivity contribution is 6.14. The first-order chi connectivity index (χ1) is 38.5. The first kappa shape index (κ1) is 53.8. The normalized spacial score (nSPS) is 11.6. The van der Waals surface area contributed by atoms with E-state index < -0.39 is 0 Å². The van der Waals surface area contributed by atoms with Gasteiger partial charge in [0.2, 0.25) is 0 Å². The lowest BCUT2D eigenvalue weighted by atomic mass is 9.90. The van der Waals surface area contributed by atoms with Crippen molar-refractivity contribution >= 4 is 82.1 Å². The Morgan fingerprint density at radius 3 is 0.833 bits per heavy atom. The Balaban J connectivity index is 0.726. The zero-order chi connectivity index (χ0) is 53.4. The molecule has 0 fully saturated rings. The topological polar surface area (TPSA) is 71.1 Å². The van der Waals surface area contributed by atoms with Crippen LogP contribution in [0.4, 0.5) is 0 Å². The maximum atomic E-state index is 12.1.